The monoisotopic (exact) mass is 314 g/mol. The first-order valence-electron chi connectivity index (χ1n) is 7.15. The average Bonchev–Trinajstić information content (AvgIpc) is 2.87. The molecule has 3 rings (SSSR count). The summed E-state index contributed by atoms with van der Waals surface area (Å²) < 4.78 is 13.9. The van der Waals surface area contributed by atoms with Crippen LogP contribution < -0.4 is 5.43 Å². The van der Waals surface area contributed by atoms with Gasteiger partial charge in [-0.1, -0.05) is 19.1 Å². The lowest BCUT2D eigenvalue weighted by Crippen LogP contribution is -2.19. The summed E-state index contributed by atoms with van der Waals surface area (Å²) in [5.41, 5.74) is 3.58. The van der Waals surface area contributed by atoms with E-state index < -0.39 is 11.7 Å². The number of hydrogen-bond acceptors (Lipinski definition) is 4. The van der Waals surface area contributed by atoms with Crippen molar-refractivity contribution < 1.29 is 19.4 Å². The van der Waals surface area contributed by atoms with Gasteiger partial charge >= 0.3 is 0 Å². The molecule has 0 aliphatic heterocycles. The van der Waals surface area contributed by atoms with Gasteiger partial charge in [-0.05, 0) is 36.6 Å². The van der Waals surface area contributed by atoms with Crippen LogP contribution in [0.1, 0.15) is 40.7 Å². The lowest BCUT2D eigenvalue weighted by Gasteiger charge is -2.06. The Kier molecular flexibility index (Phi) is 3.73. The van der Waals surface area contributed by atoms with Gasteiger partial charge < -0.3 is 10.2 Å². The van der Waals surface area contributed by atoms with Crippen molar-refractivity contribution in [3.63, 3.8) is 0 Å². The van der Waals surface area contributed by atoms with Gasteiger partial charge in [0, 0.05) is 11.1 Å². The Labute approximate surface area is 132 Å². The van der Waals surface area contributed by atoms with Gasteiger partial charge in [0.05, 0.1) is 11.3 Å². The van der Waals surface area contributed by atoms with Crippen molar-refractivity contribution in [2.45, 2.75) is 19.3 Å². The highest BCUT2D eigenvalue weighted by Crippen LogP contribution is 2.39. The summed E-state index contributed by atoms with van der Waals surface area (Å²) >= 11 is 0. The quantitative estimate of drug-likeness (QED) is 0.745. The Morgan fingerprint density at radius 2 is 1.96 bits per heavy atom. The lowest BCUT2D eigenvalue weighted by molar-refractivity contribution is 0.0952. The molecule has 0 bridgehead atoms. The Bertz CT molecular complexity index is 817. The fourth-order valence-corrected chi connectivity index (χ4v) is 2.81. The van der Waals surface area contributed by atoms with Crippen LogP contribution in [0.5, 0.6) is 11.5 Å². The zero-order chi connectivity index (χ0) is 16.6. The van der Waals surface area contributed by atoms with Gasteiger partial charge in [0.1, 0.15) is 17.3 Å². The van der Waals surface area contributed by atoms with E-state index >= 15 is 0 Å². The van der Waals surface area contributed by atoms with E-state index in [2.05, 4.69) is 10.5 Å². The van der Waals surface area contributed by atoms with E-state index in [1.807, 2.05) is 6.92 Å². The number of hydrazone groups is 1. The lowest BCUT2D eigenvalue weighted by atomic mass is 10.0. The molecule has 0 spiro atoms. The molecule has 6 heteroatoms. The molecule has 0 radical (unpaired) electrons. The molecule has 1 amide bonds. The number of para-hydroxylation sites is 1. The maximum absolute atomic E-state index is 13.9. The number of aromatic hydroxyl groups is 2. The van der Waals surface area contributed by atoms with Crippen LogP contribution in [0.15, 0.2) is 41.5 Å². The minimum atomic E-state index is -0.576. The van der Waals surface area contributed by atoms with Crippen LogP contribution in [-0.2, 0) is 0 Å². The standard InChI is InChI=1S/C17H15FN2O3/c1-9-8-12(16-14(22)7-6-11(18)15(9)16)19-20-17(23)10-4-2-3-5-13(10)21/h2-7,9,21-22H,8H2,1H3,(H,20,23)/b19-12+/t9-/m1/s1. The smallest absolute Gasteiger partial charge is 0.275 e. The molecule has 2 aromatic carbocycles. The maximum Gasteiger partial charge on any atom is 0.275 e. The number of halogens is 1. The molecule has 3 N–H and O–H groups in total. The van der Waals surface area contributed by atoms with Gasteiger partial charge in [0.25, 0.3) is 5.91 Å². The highest BCUT2D eigenvalue weighted by Gasteiger charge is 2.30. The number of rotatable bonds is 2. The van der Waals surface area contributed by atoms with Crippen LogP contribution in [-0.4, -0.2) is 21.8 Å². The van der Waals surface area contributed by atoms with Crippen molar-refractivity contribution in [2.24, 2.45) is 5.10 Å². The first-order valence-corrected chi connectivity index (χ1v) is 7.15. The Balaban J connectivity index is 1.91. The van der Waals surface area contributed by atoms with Crippen LogP contribution >= 0.6 is 0 Å². The summed E-state index contributed by atoms with van der Waals surface area (Å²) in [6, 6.07) is 8.58. The Morgan fingerprint density at radius 1 is 1.22 bits per heavy atom. The molecule has 0 fully saturated rings. The molecule has 5 nitrogen and oxygen atoms in total. The summed E-state index contributed by atoms with van der Waals surface area (Å²) in [7, 11) is 0. The molecule has 1 atom stereocenters. The van der Waals surface area contributed by atoms with Crippen LogP contribution in [0.2, 0.25) is 0 Å². The van der Waals surface area contributed by atoms with Crippen LogP contribution in [0.4, 0.5) is 4.39 Å². The predicted molar refractivity (Wildman–Crippen MR) is 83.2 cm³/mol. The number of nitrogens with one attached hydrogen (secondary N) is 1. The van der Waals surface area contributed by atoms with Gasteiger partial charge in [-0.15, -0.1) is 0 Å². The molecule has 1 aliphatic carbocycles. The van der Waals surface area contributed by atoms with Gasteiger partial charge in [-0.25, -0.2) is 9.82 Å². The first kappa shape index (κ1) is 15.0. The van der Waals surface area contributed by atoms with Crippen molar-refractivity contribution in [1.82, 2.24) is 5.43 Å². The van der Waals surface area contributed by atoms with Crippen molar-refractivity contribution in [2.75, 3.05) is 0 Å². The van der Waals surface area contributed by atoms with Gasteiger partial charge in [-0.2, -0.15) is 5.10 Å². The number of carbonyl (C=O) groups excluding carboxylic acids is 1. The molecule has 0 heterocycles. The van der Waals surface area contributed by atoms with E-state index in [0.29, 0.717) is 23.3 Å². The van der Waals surface area contributed by atoms with Crippen molar-refractivity contribution in [1.29, 1.82) is 0 Å². The van der Waals surface area contributed by atoms with E-state index in [9.17, 15) is 19.4 Å². The third kappa shape index (κ3) is 2.63. The van der Waals surface area contributed by atoms with Gasteiger partial charge in [-0.3, -0.25) is 4.79 Å². The van der Waals surface area contributed by atoms with E-state index in [0.717, 1.165) is 0 Å². The van der Waals surface area contributed by atoms with Crippen molar-refractivity contribution >= 4 is 11.6 Å². The summed E-state index contributed by atoms with van der Waals surface area (Å²) in [5.74, 6) is -1.34. The number of phenols is 2. The topological polar surface area (TPSA) is 81.9 Å². The van der Waals surface area contributed by atoms with E-state index in [1.54, 1.807) is 12.1 Å². The Hall–Kier alpha value is -2.89. The number of fused-ring (bicyclic) bond motifs is 1. The highest BCUT2D eigenvalue weighted by molar-refractivity contribution is 6.08. The number of benzene rings is 2. The number of amides is 1. The molecule has 23 heavy (non-hydrogen) atoms. The maximum atomic E-state index is 13.9. The molecular weight excluding hydrogens is 299 g/mol. The number of hydrogen-bond donors (Lipinski definition) is 3. The fourth-order valence-electron chi connectivity index (χ4n) is 2.81. The van der Waals surface area contributed by atoms with E-state index in [1.165, 1.54) is 24.3 Å². The van der Waals surface area contributed by atoms with Gasteiger partial charge in [0.15, 0.2) is 0 Å². The molecule has 118 valence electrons. The molecule has 2 aromatic rings. The number of carbonyl (C=O) groups is 1. The molecule has 1 aliphatic rings. The summed E-state index contributed by atoms with van der Waals surface area (Å²) in [5, 5.41) is 23.6. The minimum Gasteiger partial charge on any atom is -0.507 e. The third-order valence-corrected chi connectivity index (χ3v) is 3.89. The summed E-state index contributed by atoms with van der Waals surface area (Å²) in [6.07, 6.45) is 0.408. The van der Waals surface area contributed by atoms with Gasteiger partial charge in [0.2, 0.25) is 0 Å². The molecule has 0 saturated carbocycles. The summed E-state index contributed by atoms with van der Waals surface area (Å²) in [6.45, 7) is 1.83. The third-order valence-electron chi connectivity index (χ3n) is 3.89. The second-order valence-corrected chi connectivity index (χ2v) is 5.48. The fraction of sp³-hybridized carbons (Fsp3) is 0.176. The predicted octanol–water partition coefficient (Wildman–Crippen LogP) is 2.88. The molecular formula is C17H15FN2O3. The normalized spacial score (nSPS) is 18.0. The Morgan fingerprint density at radius 3 is 2.70 bits per heavy atom. The molecule has 0 aromatic heterocycles. The average molecular weight is 314 g/mol. The van der Waals surface area contributed by atoms with Crippen LogP contribution in [0.3, 0.4) is 0 Å². The molecule has 0 saturated heterocycles. The molecule has 0 unspecified atom stereocenters. The minimum absolute atomic E-state index is 0.0682. The van der Waals surface area contributed by atoms with E-state index in [-0.39, 0.29) is 23.0 Å². The second-order valence-electron chi connectivity index (χ2n) is 5.48. The zero-order valence-electron chi connectivity index (χ0n) is 12.4. The largest absolute Gasteiger partial charge is 0.507 e. The van der Waals surface area contributed by atoms with E-state index in [4.69, 9.17) is 0 Å². The zero-order valence-corrected chi connectivity index (χ0v) is 12.4. The number of phenolic OH excluding ortho intramolecular Hbond substituents is 2. The second kappa shape index (κ2) is 5.72. The summed E-state index contributed by atoms with van der Waals surface area (Å²) in [4.78, 5) is 12.1. The highest BCUT2D eigenvalue weighted by atomic mass is 19.1. The SMILES string of the molecule is C[C@@H]1C/C(=N\NC(=O)c2ccccc2O)c2c(O)ccc(F)c21. The first-order chi connectivity index (χ1) is 11.0. The van der Waals surface area contributed by atoms with Crippen molar-refractivity contribution in [3.05, 3.63) is 58.9 Å². The van der Waals surface area contributed by atoms with Crippen LogP contribution in [0, 0.1) is 5.82 Å². The number of nitrogens with zero attached hydrogens (tertiary/aromatic N) is 1. The van der Waals surface area contributed by atoms with Crippen molar-refractivity contribution in [3.8, 4) is 11.5 Å². The van der Waals surface area contributed by atoms with Crippen LogP contribution in [0.25, 0.3) is 0 Å².